The van der Waals surface area contributed by atoms with Gasteiger partial charge in [0.25, 0.3) is 0 Å². The molecular weight excluding hydrogens is 278 g/mol. The molecule has 0 saturated heterocycles. The van der Waals surface area contributed by atoms with E-state index in [1.165, 1.54) is 15.3 Å². The maximum Gasteiger partial charge on any atom is 0.151 e. The van der Waals surface area contributed by atoms with Crippen molar-refractivity contribution in [2.75, 3.05) is 0 Å². The van der Waals surface area contributed by atoms with E-state index in [1.807, 2.05) is 11.3 Å². The van der Waals surface area contributed by atoms with E-state index in [2.05, 4.69) is 55.7 Å². The van der Waals surface area contributed by atoms with Gasteiger partial charge < -0.3 is 10.3 Å². The fourth-order valence-corrected chi connectivity index (χ4v) is 3.59. The molecule has 0 unspecified atom stereocenters. The molecule has 21 heavy (non-hydrogen) atoms. The Morgan fingerprint density at radius 2 is 2.05 bits per heavy atom. The molecule has 0 saturated carbocycles. The lowest BCUT2D eigenvalue weighted by atomic mass is 10.2. The predicted octanol–water partition coefficient (Wildman–Crippen LogP) is 4.37. The summed E-state index contributed by atoms with van der Waals surface area (Å²) in [4.78, 5) is 7.52. The number of thiophene rings is 1. The summed E-state index contributed by atoms with van der Waals surface area (Å²) in [7, 11) is 0. The molecule has 0 aliphatic carbocycles. The Morgan fingerprint density at radius 3 is 2.67 bits per heavy atom. The summed E-state index contributed by atoms with van der Waals surface area (Å²) in [5, 5.41) is 0. The third-order valence-electron chi connectivity index (χ3n) is 3.74. The van der Waals surface area contributed by atoms with Crippen LogP contribution in [0.25, 0.3) is 21.7 Å². The van der Waals surface area contributed by atoms with Gasteiger partial charge >= 0.3 is 0 Å². The van der Waals surface area contributed by atoms with Gasteiger partial charge in [0.15, 0.2) is 5.82 Å². The average Bonchev–Trinajstić information content (AvgIpc) is 3.09. The average molecular weight is 299 g/mol. The zero-order valence-electron chi connectivity index (χ0n) is 12.8. The van der Waals surface area contributed by atoms with Gasteiger partial charge in [-0.3, -0.25) is 0 Å². The van der Waals surface area contributed by atoms with Gasteiger partial charge in [0, 0.05) is 17.5 Å². The van der Waals surface area contributed by atoms with Crippen LogP contribution in [0.2, 0.25) is 0 Å². The number of aromatic nitrogens is 2. The molecule has 4 heteroatoms. The number of nitrogens with zero attached hydrogens (tertiary/aromatic N) is 2. The number of hydrogen-bond acceptors (Lipinski definition) is 3. The Kier molecular flexibility index (Phi) is 3.83. The minimum Gasteiger partial charge on any atom is -0.326 e. The van der Waals surface area contributed by atoms with E-state index in [9.17, 15) is 0 Å². The third-order valence-corrected chi connectivity index (χ3v) is 4.96. The summed E-state index contributed by atoms with van der Waals surface area (Å²) in [6.45, 7) is 7.15. The monoisotopic (exact) mass is 299 g/mol. The quantitative estimate of drug-likeness (QED) is 0.777. The van der Waals surface area contributed by atoms with Gasteiger partial charge in [0.1, 0.15) is 0 Å². The largest absolute Gasteiger partial charge is 0.326 e. The summed E-state index contributed by atoms with van der Waals surface area (Å²) in [6, 6.07) is 11.1. The van der Waals surface area contributed by atoms with Crippen molar-refractivity contribution >= 4 is 22.4 Å². The summed E-state index contributed by atoms with van der Waals surface area (Å²) >= 11 is 1.83. The first-order chi connectivity index (χ1) is 10.1. The second-order valence-electron chi connectivity index (χ2n) is 5.55. The van der Waals surface area contributed by atoms with Crippen molar-refractivity contribution in [1.29, 1.82) is 0 Å². The molecule has 3 nitrogen and oxygen atoms in total. The molecule has 2 heterocycles. The minimum absolute atomic E-state index is 0.376. The molecule has 3 aromatic rings. The van der Waals surface area contributed by atoms with Crippen LogP contribution < -0.4 is 5.73 Å². The van der Waals surface area contributed by atoms with Crippen LogP contribution in [-0.2, 0) is 13.0 Å². The fraction of sp³-hybridized carbons (Fsp3) is 0.353. The van der Waals surface area contributed by atoms with Crippen LogP contribution in [0.3, 0.4) is 0 Å². The molecule has 0 aliphatic rings. The number of hydrogen-bond donors (Lipinski definition) is 1. The van der Waals surface area contributed by atoms with E-state index in [1.54, 1.807) is 0 Å². The summed E-state index contributed by atoms with van der Waals surface area (Å²) in [5.74, 6) is 1.07. The highest BCUT2D eigenvalue weighted by Gasteiger charge is 2.16. The minimum atomic E-state index is 0.376. The maximum absolute atomic E-state index is 5.75. The van der Waals surface area contributed by atoms with Gasteiger partial charge in [-0.2, -0.15) is 0 Å². The summed E-state index contributed by atoms with van der Waals surface area (Å²) < 4.78 is 2.32. The number of nitrogens with two attached hydrogens (primary N) is 1. The van der Waals surface area contributed by atoms with E-state index in [0.717, 1.165) is 23.3 Å². The van der Waals surface area contributed by atoms with Gasteiger partial charge in [-0.05, 0) is 50.1 Å². The summed E-state index contributed by atoms with van der Waals surface area (Å²) in [6.07, 6.45) is 1.07. The SMILES string of the molecule is CCc1ccc(-c2nc3cc(CN)ccc3n2C(C)C)s1. The van der Waals surface area contributed by atoms with Crippen LogP contribution >= 0.6 is 11.3 Å². The molecule has 2 N–H and O–H groups in total. The standard InChI is InChI=1S/C17H21N3S/c1-4-13-6-8-16(21-13)17-19-14-9-12(10-18)5-7-15(14)20(17)11(2)3/h5-9,11H,4,10,18H2,1-3H3. The van der Waals surface area contributed by atoms with E-state index >= 15 is 0 Å². The number of rotatable bonds is 4. The van der Waals surface area contributed by atoms with E-state index < -0.39 is 0 Å². The molecule has 0 atom stereocenters. The molecule has 3 rings (SSSR count). The first-order valence-electron chi connectivity index (χ1n) is 7.44. The highest BCUT2D eigenvalue weighted by molar-refractivity contribution is 7.15. The first kappa shape index (κ1) is 14.3. The molecule has 0 fully saturated rings. The van der Waals surface area contributed by atoms with Gasteiger partial charge in [0.05, 0.1) is 15.9 Å². The smallest absolute Gasteiger partial charge is 0.151 e. The normalized spacial score (nSPS) is 11.7. The second-order valence-corrected chi connectivity index (χ2v) is 6.71. The van der Waals surface area contributed by atoms with Crippen molar-refractivity contribution in [2.24, 2.45) is 5.73 Å². The van der Waals surface area contributed by atoms with Crippen molar-refractivity contribution in [3.63, 3.8) is 0 Å². The van der Waals surface area contributed by atoms with Gasteiger partial charge in [0.2, 0.25) is 0 Å². The van der Waals surface area contributed by atoms with Crippen molar-refractivity contribution in [1.82, 2.24) is 9.55 Å². The van der Waals surface area contributed by atoms with E-state index in [-0.39, 0.29) is 0 Å². The van der Waals surface area contributed by atoms with Crippen molar-refractivity contribution < 1.29 is 0 Å². The molecule has 0 bridgehead atoms. The molecule has 2 aromatic heterocycles. The highest BCUT2D eigenvalue weighted by atomic mass is 32.1. The van der Waals surface area contributed by atoms with Crippen LogP contribution in [0.1, 0.15) is 37.3 Å². The van der Waals surface area contributed by atoms with Gasteiger partial charge in [-0.15, -0.1) is 11.3 Å². The van der Waals surface area contributed by atoms with Crippen molar-refractivity contribution in [2.45, 2.75) is 39.8 Å². The van der Waals surface area contributed by atoms with Gasteiger partial charge in [-0.1, -0.05) is 13.0 Å². The molecule has 1 aromatic carbocycles. The molecule has 0 aliphatic heterocycles. The van der Waals surface area contributed by atoms with Crippen LogP contribution in [0.4, 0.5) is 0 Å². The zero-order valence-corrected chi connectivity index (χ0v) is 13.6. The number of aryl methyl sites for hydroxylation is 1. The Hall–Kier alpha value is -1.65. The van der Waals surface area contributed by atoms with E-state index in [4.69, 9.17) is 10.7 Å². The zero-order chi connectivity index (χ0) is 15.0. The number of benzene rings is 1. The number of fused-ring (bicyclic) bond motifs is 1. The second kappa shape index (κ2) is 5.62. The molecular formula is C17H21N3S. The predicted molar refractivity (Wildman–Crippen MR) is 90.7 cm³/mol. The van der Waals surface area contributed by atoms with E-state index in [0.29, 0.717) is 12.6 Å². The maximum atomic E-state index is 5.75. The Balaban J connectivity index is 2.22. The van der Waals surface area contributed by atoms with Crippen LogP contribution in [0, 0.1) is 0 Å². The van der Waals surface area contributed by atoms with Crippen LogP contribution in [0.5, 0.6) is 0 Å². The Morgan fingerprint density at radius 1 is 1.24 bits per heavy atom. The fourth-order valence-electron chi connectivity index (χ4n) is 2.66. The van der Waals surface area contributed by atoms with Crippen molar-refractivity contribution in [3.8, 4) is 10.7 Å². The molecule has 0 spiro atoms. The topological polar surface area (TPSA) is 43.8 Å². The van der Waals surface area contributed by atoms with Crippen LogP contribution in [0.15, 0.2) is 30.3 Å². The Labute approximate surface area is 129 Å². The molecule has 0 radical (unpaired) electrons. The Bertz CT molecular complexity index is 768. The third kappa shape index (κ3) is 2.49. The summed E-state index contributed by atoms with van der Waals surface area (Å²) in [5.41, 5.74) is 9.09. The lowest BCUT2D eigenvalue weighted by Crippen LogP contribution is -2.02. The lowest BCUT2D eigenvalue weighted by molar-refractivity contribution is 0.625. The highest BCUT2D eigenvalue weighted by Crippen LogP contribution is 2.33. The first-order valence-corrected chi connectivity index (χ1v) is 8.25. The molecule has 0 amide bonds. The lowest BCUT2D eigenvalue weighted by Gasteiger charge is -2.12. The number of imidazole rings is 1. The van der Waals surface area contributed by atoms with Gasteiger partial charge in [-0.25, -0.2) is 4.98 Å². The van der Waals surface area contributed by atoms with Crippen molar-refractivity contribution in [3.05, 3.63) is 40.8 Å². The molecule has 110 valence electrons. The van der Waals surface area contributed by atoms with Crippen LogP contribution in [-0.4, -0.2) is 9.55 Å².